The number of rotatable bonds is 3. The van der Waals surface area contributed by atoms with E-state index in [1.165, 1.54) is 11.8 Å². The first-order valence-electron chi connectivity index (χ1n) is 5.01. The molecule has 6 nitrogen and oxygen atoms in total. The normalized spacial score (nSPS) is 10.7. The Balaban J connectivity index is 2.70. The topological polar surface area (TPSA) is 79.4 Å². The van der Waals surface area contributed by atoms with Gasteiger partial charge in [0.25, 0.3) is 0 Å². The van der Waals surface area contributed by atoms with Crippen molar-refractivity contribution >= 4 is 22.6 Å². The van der Waals surface area contributed by atoms with E-state index in [1.54, 1.807) is 25.3 Å². The predicted molar refractivity (Wildman–Crippen MR) is 62.5 cm³/mol. The average Bonchev–Trinajstić information content (AvgIpc) is 2.69. The first kappa shape index (κ1) is 11.4. The Morgan fingerprint density at radius 2 is 2.24 bits per heavy atom. The molecule has 0 fully saturated rings. The molecule has 0 bridgehead atoms. The van der Waals surface area contributed by atoms with Gasteiger partial charge in [-0.15, -0.1) is 0 Å². The lowest BCUT2D eigenvalue weighted by Crippen LogP contribution is -2.06. The van der Waals surface area contributed by atoms with Gasteiger partial charge in [-0.2, -0.15) is 5.10 Å². The van der Waals surface area contributed by atoms with Gasteiger partial charge >= 0.3 is 5.97 Å². The highest BCUT2D eigenvalue weighted by atomic mass is 16.5. The first-order valence-corrected chi connectivity index (χ1v) is 5.01. The van der Waals surface area contributed by atoms with Gasteiger partial charge in [0.1, 0.15) is 6.73 Å². The summed E-state index contributed by atoms with van der Waals surface area (Å²) in [6, 6.07) is 5.29. The number of anilines is 1. The highest BCUT2D eigenvalue weighted by Crippen LogP contribution is 2.24. The van der Waals surface area contributed by atoms with Gasteiger partial charge in [0.15, 0.2) is 5.69 Å². The van der Waals surface area contributed by atoms with Crippen LogP contribution in [0.1, 0.15) is 10.5 Å². The molecule has 0 saturated carbocycles. The molecule has 0 unspecified atom stereocenters. The number of methoxy groups -OCH3 is 2. The van der Waals surface area contributed by atoms with E-state index in [0.29, 0.717) is 16.6 Å². The van der Waals surface area contributed by atoms with Crippen molar-refractivity contribution in [3.05, 3.63) is 23.9 Å². The van der Waals surface area contributed by atoms with Crippen molar-refractivity contribution in [2.75, 3.05) is 20.0 Å². The number of carbonyl (C=O) groups is 1. The molecule has 1 heterocycles. The Bertz CT molecular complexity index is 562. The number of para-hydroxylation sites is 1. The minimum absolute atomic E-state index is 0.224. The molecule has 2 rings (SSSR count). The molecule has 2 N–H and O–H groups in total. The molecule has 0 aliphatic rings. The monoisotopic (exact) mass is 235 g/mol. The molecule has 90 valence electrons. The smallest absolute Gasteiger partial charge is 0.359 e. The molecule has 0 aliphatic carbocycles. The van der Waals surface area contributed by atoms with E-state index in [9.17, 15) is 4.79 Å². The van der Waals surface area contributed by atoms with Crippen molar-refractivity contribution in [2.24, 2.45) is 0 Å². The molecule has 0 spiro atoms. The summed E-state index contributed by atoms with van der Waals surface area (Å²) >= 11 is 0. The van der Waals surface area contributed by atoms with Crippen LogP contribution in [-0.2, 0) is 16.2 Å². The molecule has 6 heteroatoms. The molecule has 0 amide bonds. The SMILES string of the molecule is COCn1nc(C(=O)OC)c2cccc(N)c21. The Hall–Kier alpha value is -2.08. The van der Waals surface area contributed by atoms with Gasteiger partial charge < -0.3 is 15.2 Å². The van der Waals surface area contributed by atoms with Crippen LogP contribution in [-0.4, -0.2) is 30.0 Å². The largest absolute Gasteiger partial charge is 0.464 e. The van der Waals surface area contributed by atoms with Crippen LogP contribution < -0.4 is 5.73 Å². The second-order valence-corrected chi connectivity index (χ2v) is 3.50. The van der Waals surface area contributed by atoms with Crippen LogP contribution in [0.5, 0.6) is 0 Å². The van der Waals surface area contributed by atoms with Gasteiger partial charge in [-0.3, -0.25) is 0 Å². The molecule has 0 saturated heterocycles. The number of carbonyl (C=O) groups excluding carboxylic acids is 1. The van der Waals surface area contributed by atoms with Crippen LogP contribution in [0, 0.1) is 0 Å². The number of esters is 1. The van der Waals surface area contributed by atoms with Crippen LogP contribution in [0.3, 0.4) is 0 Å². The molecule has 0 aliphatic heterocycles. The van der Waals surface area contributed by atoms with Crippen molar-refractivity contribution in [3.63, 3.8) is 0 Å². The summed E-state index contributed by atoms with van der Waals surface area (Å²) in [5, 5.41) is 4.81. The molecular weight excluding hydrogens is 222 g/mol. The molecule has 1 aromatic heterocycles. The predicted octanol–water partition coefficient (Wildman–Crippen LogP) is 1.01. The van der Waals surface area contributed by atoms with Gasteiger partial charge in [-0.1, -0.05) is 12.1 Å². The van der Waals surface area contributed by atoms with Gasteiger partial charge in [0.05, 0.1) is 18.3 Å². The average molecular weight is 235 g/mol. The summed E-state index contributed by atoms with van der Waals surface area (Å²) in [5.41, 5.74) is 7.34. The first-order chi connectivity index (χ1) is 8.19. The minimum Gasteiger partial charge on any atom is -0.464 e. The standard InChI is InChI=1S/C11H13N3O3/c1-16-6-14-10-7(4-3-5-8(10)12)9(13-14)11(15)17-2/h3-5H,6,12H2,1-2H3. The maximum atomic E-state index is 11.6. The number of hydrogen-bond acceptors (Lipinski definition) is 5. The number of ether oxygens (including phenoxy) is 2. The Kier molecular flexibility index (Phi) is 2.97. The van der Waals surface area contributed by atoms with Crippen molar-refractivity contribution in [3.8, 4) is 0 Å². The third-order valence-corrected chi connectivity index (χ3v) is 2.43. The van der Waals surface area contributed by atoms with Gasteiger partial charge in [0, 0.05) is 12.5 Å². The number of nitrogens with two attached hydrogens (primary N) is 1. The van der Waals surface area contributed by atoms with E-state index in [4.69, 9.17) is 10.5 Å². The minimum atomic E-state index is -0.490. The van der Waals surface area contributed by atoms with Crippen LogP contribution in [0.15, 0.2) is 18.2 Å². The molecule has 0 radical (unpaired) electrons. The third kappa shape index (κ3) is 1.83. The highest BCUT2D eigenvalue weighted by molar-refractivity contribution is 6.05. The van der Waals surface area contributed by atoms with Crippen molar-refractivity contribution in [2.45, 2.75) is 6.73 Å². The molecule has 0 atom stereocenters. The van der Waals surface area contributed by atoms with E-state index in [1.807, 2.05) is 0 Å². The van der Waals surface area contributed by atoms with Crippen LogP contribution in [0.25, 0.3) is 10.9 Å². The number of nitrogens with zero attached hydrogens (tertiary/aromatic N) is 2. The van der Waals surface area contributed by atoms with E-state index in [-0.39, 0.29) is 12.4 Å². The number of benzene rings is 1. The van der Waals surface area contributed by atoms with E-state index in [0.717, 1.165) is 0 Å². The maximum absolute atomic E-state index is 11.6. The zero-order chi connectivity index (χ0) is 12.4. The summed E-state index contributed by atoms with van der Waals surface area (Å²) < 4.78 is 11.2. The summed E-state index contributed by atoms with van der Waals surface area (Å²) in [5.74, 6) is -0.490. The Morgan fingerprint density at radius 3 is 2.88 bits per heavy atom. The molecule has 1 aromatic carbocycles. The van der Waals surface area contributed by atoms with Crippen LogP contribution >= 0.6 is 0 Å². The highest BCUT2D eigenvalue weighted by Gasteiger charge is 2.18. The van der Waals surface area contributed by atoms with Crippen molar-refractivity contribution in [1.82, 2.24) is 9.78 Å². The second-order valence-electron chi connectivity index (χ2n) is 3.50. The number of fused-ring (bicyclic) bond motifs is 1. The molecule has 2 aromatic rings. The number of nitrogen functional groups attached to an aromatic ring is 1. The lowest BCUT2D eigenvalue weighted by atomic mass is 10.2. The summed E-state index contributed by atoms with van der Waals surface area (Å²) in [6.07, 6.45) is 0. The summed E-state index contributed by atoms with van der Waals surface area (Å²) in [7, 11) is 2.86. The molecular formula is C11H13N3O3. The zero-order valence-electron chi connectivity index (χ0n) is 9.64. The summed E-state index contributed by atoms with van der Waals surface area (Å²) in [4.78, 5) is 11.6. The third-order valence-electron chi connectivity index (χ3n) is 2.43. The summed E-state index contributed by atoms with van der Waals surface area (Å²) in [6.45, 7) is 0.224. The zero-order valence-corrected chi connectivity index (χ0v) is 9.64. The van der Waals surface area contributed by atoms with Crippen molar-refractivity contribution in [1.29, 1.82) is 0 Å². The Labute approximate surface area is 97.9 Å². The van der Waals surface area contributed by atoms with E-state index < -0.39 is 5.97 Å². The van der Waals surface area contributed by atoms with Gasteiger partial charge in [0.2, 0.25) is 0 Å². The van der Waals surface area contributed by atoms with Crippen LogP contribution in [0.2, 0.25) is 0 Å². The number of hydrogen-bond donors (Lipinski definition) is 1. The second kappa shape index (κ2) is 4.42. The fourth-order valence-electron chi connectivity index (χ4n) is 1.73. The fourth-order valence-corrected chi connectivity index (χ4v) is 1.73. The van der Waals surface area contributed by atoms with Crippen molar-refractivity contribution < 1.29 is 14.3 Å². The molecule has 17 heavy (non-hydrogen) atoms. The van der Waals surface area contributed by atoms with E-state index in [2.05, 4.69) is 9.84 Å². The van der Waals surface area contributed by atoms with Gasteiger partial charge in [-0.25, -0.2) is 9.48 Å². The quantitative estimate of drug-likeness (QED) is 0.634. The van der Waals surface area contributed by atoms with E-state index >= 15 is 0 Å². The maximum Gasteiger partial charge on any atom is 0.359 e. The fraction of sp³-hybridized carbons (Fsp3) is 0.273. The van der Waals surface area contributed by atoms with Crippen LogP contribution in [0.4, 0.5) is 5.69 Å². The number of aromatic nitrogens is 2. The Morgan fingerprint density at radius 1 is 1.47 bits per heavy atom. The van der Waals surface area contributed by atoms with Gasteiger partial charge in [-0.05, 0) is 6.07 Å². The lowest BCUT2D eigenvalue weighted by molar-refractivity contribution is 0.0591. The lowest BCUT2D eigenvalue weighted by Gasteiger charge is -2.02.